The van der Waals surface area contributed by atoms with Crippen molar-refractivity contribution >= 4 is 54.9 Å². The van der Waals surface area contributed by atoms with Gasteiger partial charge in [0.2, 0.25) is 0 Å². The Morgan fingerprint density at radius 3 is 1.77 bits per heavy atom. The smallest absolute Gasteiger partial charge is 0.0636 e. The Labute approximate surface area is 261 Å². The predicted molar refractivity (Wildman–Crippen MR) is 168 cm³/mol. The number of fused-ring (bicyclic) bond motifs is 2. The van der Waals surface area contributed by atoms with Gasteiger partial charge in [-0.3, -0.25) is 0 Å². The van der Waals surface area contributed by atoms with Crippen molar-refractivity contribution in [1.82, 2.24) is 0 Å². The van der Waals surface area contributed by atoms with E-state index >= 15 is 0 Å². The monoisotopic (exact) mass is 532 g/mol. The molecule has 0 N–H and O–H groups in total. The van der Waals surface area contributed by atoms with Gasteiger partial charge in [0.15, 0.2) is 0 Å². The Bertz CT molecular complexity index is 3430. The zero-order valence-electron chi connectivity index (χ0n) is 41.4. The van der Waals surface area contributed by atoms with Crippen molar-refractivity contribution in [1.29, 1.82) is 0 Å². The molecule has 8 aromatic rings. The molecule has 0 radical (unpaired) electrons. The van der Waals surface area contributed by atoms with Crippen molar-refractivity contribution in [3.8, 4) is 33.4 Å². The van der Waals surface area contributed by atoms with Gasteiger partial charge in [0.1, 0.15) is 0 Å². The normalized spacial score (nSPS) is 20.4. The first-order chi connectivity index (χ1) is 28.5. The van der Waals surface area contributed by atoms with E-state index in [1.54, 1.807) is 0 Å². The van der Waals surface area contributed by atoms with Gasteiger partial charge in [-0.05, 0) is 89.2 Å². The third kappa shape index (κ3) is 3.02. The SMILES string of the molecule is [2H]c1c([2H])c([2H])c(-c2c([2H])c([2H])c3c([2H])c([2H])c4c(-c5c([2H])c([2H])c6c(c5[2H])-c5c([2H])c([2H])c([2H])c7c([2H])c([2H])c([2H])c(c57)S6)c([2H])c([2H])c5c([2H])c([2H])c2c3c54)c([2H])c1[2H]. The van der Waals surface area contributed by atoms with Crippen molar-refractivity contribution in [3.05, 3.63) is 133 Å². The highest BCUT2D eigenvalue weighted by molar-refractivity contribution is 7.99. The van der Waals surface area contributed by atoms with Crippen LogP contribution < -0.4 is 0 Å². The quantitative estimate of drug-likeness (QED) is 0.199. The third-order valence-corrected chi connectivity index (χ3v) is 7.72. The van der Waals surface area contributed by atoms with Crippen molar-refractivity contribution < 1.29 is 30.2 Å². The van der Waals surface area contributed by atoms with E-state index in [0.29, 0.717) is 11.8 Å². The molecule has 0 unspecified atom stereocenters. The van der Waals surface area contributed by atoms with Gasteiger partial charge >= 0.3 is 0 Å². The zero-order valence-corrected chi connectivity index (χ0v) is 20.2. The first-order valence-electron chi connectivity index (χ1n) is 22.7. The first kappa shape index (κ1) is 9.26. The minimum atomic E-state index is -0.810. The summed E-state index contributed by atoms with van der Waals surface area (Å²) in [6, 6.07) is -15.8. The summed E-state index contributed by atoms with van der Waals surface area (Å²) in [4.78, 5) is -0.210. The summed E-state index contributed by atoms with van der Waals surface area (Å²) in [5, 5.41) is -2.69. The van der Waals surface area contributed by atoms with Gasteiger partial charge in [0.25, 0.3) is 0 Å². The molecule has 0 nitrogen and oxygen atoms in total. The lowest BCUT2D eigenvalue weighted by molar-refractivity contribution is 1.40. The van der Waals surface area contributed by atoms with Crippen molar-refractivity contribution in [2.45, 2.75) is 9.79 Å². The Kier molecular flexibility index (Phi) is 1.89. The van der Waals surface area contributed by atoms with E-state index in [0.717, 1.165) is 0 Å². The van der Waals surface area contributed by atoms with E-state index in [1.807, 2.05) is 0 Å². The fraction of sp³-hybridized carbons (Fsp3) is 0. The van der Waals surface area contributed by atoms with Gasteiger partial charge in [-0.25, -0.2) is 0 Å². The Morgan fingerprint density at radius 1 is 0.385 bits per heavy atom. The Balaban J connectivity index is 1.53. The van der Waals surface area contributed by atoms with E-state index < -0.39 is 177 Å². The van der Waals surface area contributed by atoms with Gasteiger partial charge in [-0.2, -0.15) is 0 Å². The van der Waals surface area contributed by atoms with Crippen LogP contribution in [-0.2, 0) is 0 Å². The summed E-state index contributed by atoms with van der Waals surface area (Å²) in [7, 11) is 0. The van der Waals surface area contributed by atoms with E-state index in [2.05, 4.69) is 0 Å². The number of hydrogen-bond donors (Lipinski definition) is 0. The van der Waals surface area contributed by atoms with Crippen LogP contribution in [-0.4, -0.2) is 0 Å². The lowest BCUT2D eigenvalue weighted by atomic mass is 9.86. The molecule has 0 saturated heterocycles. The summed E-state index contributed by atoms with van der Waals surface area (Å²) in [6.07, 6.45) is 0. The van der Waals surface area contributed by atoms with E-state index in [4.69, 9.17) is 19.2 Å². The van der Waals surface area contributed by atoms with Crippen LogP contribution in [0.4, 0.5) is 0 Å². The average molecular weight is 533 g/mol. The van der Waals surface area contributed by atoms with E-state index in [1.165, 1.54) is 0 Å². The molecule has 0 aromatic heterocycles. The first-order valence-corrected chi connectivity index (χ1v) is 12.5. The highest BCUT2D eigenvalue weighted by atomic mass is 32.2. The maximum Gasteiger partial charge on any atom is 0.0636 e. The van der Waals surface area contributed by atoms with Gasteiger partial charge in [-0.15, -0.1) is 0 Å². The summed E-state index contributed by atoms with van der Waals surface area (Å²) >= 11 is 0.690. The van der Waals surface area contributed by atoms with Crippen LogP contribution in [0.25, 0.3) is 76.5 Å². The number of benzene rings is 8. The van der Waals surface area contributed by atoms with Crippen LogP contribution in [0.3, 0.4) is 0 Å². The van der Waals surface area contributed by atoms with Crippen LogP contribution >= 0.6 is 11.8 Å². The lowest BCUT2D eigenvalue weighted by Gasteiger charge is -2.21. The molecule has 9 rings (SSSR count). The van der Waals surface area contributed by atoms with E-state index in [9.17, 15) is 11.0 Å². The molecule has 1 heterocycles. The highest BCUT2D eigenvalue weighted by Crippen LogP contribution is 2.49. The fourth-order valence-electron chi connectivity index (χ4n) is 5.02. The van der Waals surface area contributed by atoms with Crippen LogP contribution in [0.5, 0.6) is 0 Å². The highest BCUT2D eigenvalue weighted by Gasteiger charge is 2.20. The van der Waals surface area contributed by atoms with Gasteiger partial charge in [-0.1, -0.05) is 127 Å². The van der Waals surface area contributed by atoms with Crippen molar-refractivity contribution in [3.63, 3.8) is 0 Å². The maximum absolute atomic E-state index is 9.68. The lowest BCUT2D eigenvalue weighted by Crippen LogP contribution is -1.94. The summed E-state index contributed by atoms with van der Waals surface area (Å²) in [5.41, 5.74) is -2.78. The molecular formula is C38H22S. The molecule has 0 saturated carbocycles. The molecule has 1 aliphatic rings. The van der Waals surface area contributed by atoms with Crippen molar-refractivity contribution in [2.75, 3.05) is 0 Å². The molecule has 0 amide bonds. The molecule has 0 atom stereocenters. The molecular weight excluding hydrogens is 488 g/mol. The minimum Gasteiger partial charge on any atom is -0.0888 e. The average Bonchev–Trinajstić information content (AvgIpc) is 3.22. The van der Waals surface area contributed by atoms with Crippen LogP contribution in [0, 0.1) is 0 Å². The molecule has 0 aliphatic carbocycles. The molecule has 1 aliphatic heterocycles. The second-order valence-electron chi connectivity index (χ2n) is 8.76. The molecule has 180 valence electrons. The molecule has 8 aromatic carbocycles. The van der Waals surface area contributed by atoms with E-state index in [-0.39, 0.29) is 42.5 Å². The summed E-state index contributed by atoms with van der Waals surface area (Å²) in [6.45, 7) is 0. The van der Waals surface area contributed by atoms with Gasteiger partial charge in [0.05, 0.1) is 30.2 Å². The van der Waals surface area contributed by atoms with Crippen LogP contribution in [0.1, 0.15) is 30.2 Å². The second-order valence-corrected chi connectivity index (χ2v) is 9.78. The molecule has 0 spiro atoms. The molecule has 0 bridgehead atoms. The van der Waals surface area contributed by atoms with Crippen LogP contribution in [0.2, 0.25) is 0 Å². The summed E-state index contributed by atoms with van der Waals surface area (Å²) < 4.78 is 196. The predicted octanol–water partition coefficient (Wildman–Crippen LogP) is 11.2. The number of rotatable bonds is 2. The maximum atomic E-state index is 9.68. The fourth-order valence-corrected chi connectivity index (χ4v) is 5.99. The molecule has 39 heavy (non-hydrogen) atoms. The van der Waals surface area contributed by atoms with Crippen LogP contribution in [0.15, 0.2) is 143 Å². The Morgan fingerprint density at radius 2 is 1.03 bits per heavy atom. The minimum absolute atomic E-state index is 0.0470. The summed E-state index contributed by atoms with van der Waals surface area (Å²) in [5.74, 6) is 0. The standard InChI is InChI=1S/C38H22S/c1-2-6-23(7-3-1)28-17-12-25-15-20-32-29(18-13-26-14-19-31(28)37(25)38(26)32)27-16-21-34-33(22-27)30-10-4-8-24-9-5-11-35(39-34)36(24)30/h1-22H/i1D,2D,3D,4D,5D,6D,7D,8D,9D,10D,11D,12D,13D,14D,15D,16D,17D,18D,19D,20D,21D,22D. The molecule has 0 fully saturated rings. The third-order valence-electron chi connectivity index (χ3n) is 6.70. The number of hydrogen-bond acceptors (Lipinski definition) is 1. The van der Waals surface area contributed by atoms with Gasteiger partial charge < -0.3 is 0 Å². The topological polar surface area (TPSA) is 0 Å². The second kappa shape index (κ2) is 7.96. The molecule has 1 heteroatoms. The van der Waals surface area contributed by atoms with Crippen molar-refractivity contribution in [2.24, 2.45) is 0 Å². The largest absolute Gasteiger partial charge is 0.0888 e. The zero-order chi connectivity index (χ0) is 44.6. The van der Waals surface area contributed by atoms with Gasteiger partial charge in [0, 0.05) is 15.2 Å². The Hall–Kier alpha value is -4.59.